The normalized spacial score (nSPS) is 10.3. The molecule has 1 aromatic rings. The zero-order valence-corrected chi connectivity index (χ0v) is 9.16. The van der Waals surface area contributed by atoms with Crippen molar-refractivity contribution >= 4 is 17.3 Å². The topological polar surface area (TPSA) is 58.4 Å². The van der Waals surface area contributed by atoms with Crippen molar-refractivity contribution in [1.82, 2.24) is 4.90 Å². The molecule has 3 N–H and O–H groups in total. The number of nitrogens with zero attached hydrogens (tertiary/aromatic N) is 1. The van der Waals surface area contributed by atoms with Crippen molar-refractivity contribution in [1.29, 1.82) is 0 Å². The molecule has 4 heteroatoms. The number of carbonyl (C=O) groups is 1. The fourth-order valence-electron chi connectivity index (χ4n) is 1.12. The highest BCUT2D eigenvalue weighted by molar-refractivity contribution is 5.92. The molecule has 0 aliphatic rings. The zero-order chi connectivity index (χ0) is 11.3. The van der Waals surface area contributed by atoms with Crippen LogP contribution in [0.3, 0.4) is 0 Å². The van der Waals surface area contributed by atoms with Gasteiger partial charge in [0.15, 0.2) is 0 Å². The maximum absolute atomic E-state index is 11.5. The van der Waals surface area contributed by atoms with Crippen LogP contribution < -0.4 is 11.1 Å². The molecular formula is C11H17N3O. The van der Waals surface area contributed by atoms with E-state index in [1.54, 1.807) is 24.3 Å². The molecule has 0 spiro atoms. The molecule has 0 saturated carbocycles. The molecule has 0 aromatic heterocycles. The average molecular weight is 207 g/mol. The Balaban J connectivity index is 2.48. The number of carbonyl (C=O) groups excluding carboxylic acids is 1. The van der Waals surface area contributed by atoms with Crippen LogP contribution in [0, 0.1) is 0 Å². The van der Waals surface area contributed by atoms with Crippen LogP contribution in [0.2, 0.25) is 0 Å². The number of nitrogens with two attached hydrogens (primary N) is 1. The van der Waals surface area contributed by atoms with Gasteiger partial charge in [-0.1, -0.05) is 6.92 Å². The quantitative estimate of drug-likeness (QED) is 0.728. The third-order valence-corrected chi connectivity index (χ3v) is 2.15. The zero-order valence-electron chi connectivity index (χ0n) is 9.16. The summed E-state index contributed by atoms with van der Waals surface area (Å²) in [6.07, 6.45) is 0. The van der Waals surface area contributed by atoms with Crippen molar-refractivity contribution in [2.24, 2.45) is 0 Å². The van der Waals surface area contributed by atoms with Gasteiger partial charge in [-0.3, -0.25) is 9.69 Å². The van der Waals surface area contributed by atoms with Gasteiger partial charge in [-0.05, 0) is 37.9 Å². The lowest BCUT2D eigenvalue weighted by Gasteiger charge is -2.13. The fraction of sp³-hybridized carbons (Fsp3) is 0.364. The van der Waals surface area contributed by atoms with Crippen LogP contribution in [0.1, 0.15) is 6.92 Å². The number of hydrogen-bond acceptors (Lipinski definition) is 3. The van der Waals surface area contributed by atoms with Crippen LogP contribution in [0.15, 0.2) is 24.3 Å². The lowest BCUT2D eigenvalue weighted by molar-refractivity contribution is -0.117. The second-order valence-corrected chi connectivity index (χ2v) is 3.50. The fourth-order valence-corrected chi connectivity index (χ4v) is 1.12. The summed E-state index contributed by atoms with van der Waals surface area (Å²) in [6, 6.07) is 7.11. The largest absolute Gasteiger partial charge is 0.399 e. The van der Waals surface area contributed by atoms with Crippen LogP contribution in [-0.2, 0) is 4.79 Å². The third kappa shape index (κ3) is 3.99. The van der Waals surface area contributed by atoms with E-state index in [-0.39, 0.29) is 5.91 Å². The number of rotatable bonds is 4. The van der Waals surface area contributed by atoms with E-state index in [1.165, 1.54) is 0 Å². The summed E-state index contributed by atoms with van der Waals surface area (Å²) in [5.74, 6) is -0.0101. The molecule has 0 saturated heterocycles. The average Bonchev–Trinajstić information content (AvgIpc) is 2.21. The molecule has 0 aliphatic heterocycles. The first-order chi connectivity index (χ1) is 7.11. The Morgan fingerprint density at radius 2 is 2.00 bits per heavy atom. The lowest BCUT2D eigenvalue weighted by Crippen LogP contribution is -2.29. The van der Waals surface area contributed by atoms with Crippen LogP contribution in [-0.4, -0.2) is 30.9 Å². The number of likely N-dealkylation sites (N-methyl/N-ethyl adjacent to an activating group) is 1. The van der Waals surface area contributed by atoms with Crippen LogP contribution in [0.5, 0.6) is 0 Å². The Kier molecular flexibility index (Phi) is 4.12. The predicted octanol–water partition coefficient (Wildman–Crippen LogP) is 1.16. The Labute approximate surface area is 90.1 Å². The molecule has 82 valence electrons. The molecule has 1 rings (SSSR count). The lowest BCUT2D eigenvalue weighted by atomic mass is 10.3. The minimum Gasteiger partial charge on any atom is -0.399 e. The molecule has 0 fully saturated rings. The Morgan fingerprint density at radius 3 is 2.53 bits per heavy atom. The van der Waals surface area contributed by atoms with Crippen molar-refractivity contribution in [2.75, 3.05) is 31.2 Å². The summed E-state index contributed by atoms with van der Waals surface area (Å²) in [7, 11) is 1.91. The summed E-state index contributed by atoms with van der Waals surface area (Å²) < 4.78 is 0. The van der Waals surface area contributed by atoms with Gasteiger partial charge in [0.1, 0.15) is 0 Å². The minimum absolute atomic E-state index is 0.0101. The van der Waals surface area contributed by atoms with Gasteiger partial charge in [-0.15, -0.1) is 0 Å². The number of nitrogens with one attached hydrogen (secondary N) is 1. The number of anilines is 2. The van der Waals surface area contributed by atoms with Crippen LogP contribution >= 0.6 is 0 Å². The first-order valence-electron chi connectivity index (χ1n) is 4.95. The van der Waals surface area contributed by atoms with E-state index < -0.39 is 0 Å². The third-order valence-electron chi connectivity index (χ3n) is 2.15. The summed E-state index contributed by atoms with van der Waals surface area (Å²) in [6.45, 7) is 3.27. The van der Waals surface area contributed by atoms with Gasteiger partial charge in [0.2, 0.25) is 5.91 Å². The Bertz CT molecular complexity index is 321. The van der Waals surface area contributed by atoms with Crippen molar-refractivity contribution < 1.29 is 4.79 Å². The van der Waals surface area contributed by atoms with Crippen molar-refractivity contribution in [3.8, 4) is 0 Å². The van der Waals surface area contributed by atoms with E-state index >= 15 is 0 Å². The molecule has 0 atom stereocenters. The molecule has 0 unspecified atom stereocenters. The Hall–Kier alpha value is -1.55. The first kappa shape index (κ1) is 11.5. The second-order valence-electron chi connectivity index (χ2n) is 3.50. The molecule has 0 heterocycles. The molecule has 0 aliphatic carbocycles. The van der Waals surface area contributed by atoms with E-state index in [2.05, 4.69) is 5.32 Å². The number of benzene rings is 1. The van der Waals surface area contributed by atoms with Gasteiger partial charge in [0.25, 0.3) is 0 Å². The van der Waals surface area contributed by atoms with Crippen LogP contribution in [0.4, 0.5) is 11.4 Å². The van der Waals surface area contributed by atoms with Crippen LogP contribution in [0.25, 0.3) is 0 Å². The smallest absolute Gasteiger partial charge is 0.238 e. The van der Waals surface area contributed by atoms with Gasteiger partial charge in [-0.25, -0.2) is 0 Å². The van der Waals surface area contributed by atoms with E-state index in [0.717, 1.165) is 12.2 Å². The standard InChI is InChI=1S/C11H17N3O/c1-3-14(2)8-11(15)13-10-6-4-9(12)5-7-10/h4-7H,3,8,12H2,1-2H3,(H,13,15). The number of hydrogen-bond donors (Lipinski definition) is 2. The van der Waals surface area contributed by atoms with Gasteiger partial charge in [0.05, 0.1) is 6.54 Å². The maximum Gasteiger partial charge on any atom is 0.238 e. The maximum atomic E-state index is 11.5. The Morgan fingerprint density at radius 1 is 1.40 bits per heavy atom. The highest BCUT2D eigenvalue weighted by Gasteiger charge is 2.04. The number of nitrogen functional groups attached to an aromatic ring is 1. The van der Waals surface area contributed by atoms with Gasteiger partial charge >= 0.3 is 0 Å². The van der Waals surface area contributed by atoms with Crippen molar-refractivity contribution in [2.45, 2.75) is 6.92 Å². The van der Waals surface area contributed by atoms with E-state index in [0.29, 0.717) is 12.2 Å². The summed E-state index contributed by atoms with van der Waals surface area (Å²) in [5.41, 5.74) is 7.01. The SMILES string of the molecule is CCN(C)CC(=O)Nc1ccc(N)cc1. The highest BCUT2D eigenvalue weighted by atomic mass is 16.2. The van der Waals surface area contributed by atoms with E-state index in [4.69, 9.17) is 5.73 Å². The molecule has 15 heavy (non-hydrogen) atoms. The first-order valence-corrected chi connectivity index (χ1v) is 4.95. The molecule has 1 aromatic carbocycles. The molecule has 0 bridgehead atoms. The van der Waals surface area contributed by atoms with E-state index in [9.17, 15) is 4.79 Å². The van der Waals surface area contributed by atoms with Crippen molar-refractivity contribution in [3.05, 3.63) is 24.3 Å². The number of amides is 1. The molecule has 1 amide bonds. The second kappa shape index (κ2) is 5.36. The monoisotopic (exact) mass is 207 g/mol. The molecule has 0 radical (unpaired) electrons. The van der Waals surface area contributed by atoms with Gasteiger partial charge in [-0.2, -0.15) is 0 Å². The summed E-state index contributed by atoms with van der Waals surface area (Å²) in [4.78, 5) is 13.4. The molecular weight excluding hydrogens is 190 g/mol. The highest BCUT2D eigenvalue weighted by Crippen LogP contribution is 2.10. The van der Waals surface area contributed by atoms with Gasteiger partial charge < -0.3 is 11.1 Å². The predicted molar refractivity (Wildman–Crippen MR) is 62.7 cm³/mol. The summed E-state index contributed by atoms with van der Waals surface area (Å²) in [5, 5.41) is 2.80. The van der Waals surface area contributed by atoms with Gasteiger partial charge in [0, 0.05) is 11.4 Å². The summed E-state index contributed by atoms with van der Waals surface area (Å²) >= 11 is 0. The van der Waals surface area contributed by atoms with E-state index in [1.807, 2.05) is 18.9 Å². The van der Waals surface area contributed by atoms with Crippen molar-refractivity contribution in [3.63, 3.8) is 0 Å². The minimum atomic E-state index is -0.0101. The molecule has 4 nitrogen and oxygen atoms in total.